The van der Waals surface area contributed by atoms with Gasteiger partial charge in [-0.1, -0.05) is 51.2 Å². The maximum Gasteiger partial charge on any atom is 0.307 e. The van der Waals surface area contributed by atoms with Crippen LogP contribution in [0.2, 0.25) is 0 Å². The van der Waals surface area contributed by atoms with Gasteiger partial charge in [0.1, 0.15) is 0 Å². The minimum atomic E-state index is -0.836. The summed E-state index contributed by atoms with van der Waals surface area (Å²) in [5.74, 6) is -1.73. The van der Waals surface area contributed by atoms with Crippen molar-refractivity contribution in [1.29, 1.82) is 0 Å². The van der Waals surface area contributed by atoms with Crippen LogP contribution in [0.5, 0.6) is 0 Å². The van der Waals surface area contributed by atoms with Crippen LogP contribution < -0.4 is 10.6 Å². The van der Waals surface area contributed by atoms with Crippen LogP contribution in [0, 0.1) is 11.3 Å². The van der Waals surface area contributed by atoms with E-state index in [-0.39, 0.29) is 29.8 Å². The topological polar surface area (TPSA) is 83.6 Å². The standard InChI is InChI=1S/C18H24N2O3S/c1-18(2,3)16(17(22)23)12-8-9-15(21)20(10-14(19)24)13-7-5-4-6-11(12)13/h4-7,12,16H,8-10H2,1-3H3,(H2,19,24)(H,22,23). The van der Waals surface area contributed by atoms with E-state index >= 15 is 0 Å². The maximum absolute atomic E-state index is 12.6. The van der Waals surface area contributed by atoms with Crippen LogP contribution in [-0.4, -0.2) is 28.5 Å². The third-order valence-corrected chi connectivity index (χ3v) is 4.64. The number of amides is 1. The molecule has 2 atom stereocenters. The third kappa shape index (κ3) is 3.75. The number of nitrogens with zero attached hydrogens (tertiary/aromatic N) is 1. The largest absolute Gasteiger partial charge is 0.481 e. The van der Waals surface area contributed by atoms with Crippen molar-refractivity contribution >= 4 is 34.8 Å². The predicted molar refractivity (Wildman–Crippen MR) is 98.1 cm³/mol. The van der Waals surface area contributed by atoms with Gasteiger partial charge in [0, 0.05) is 18.0 Å². The molecule has 0 radical (unpaired) electrons. The van der Waals surface area contributed by atoms with Gasteiger partial charge in [-0.3, -0.25) is 9.59 Å². The fraction of sp³-hybridized carbons (Fsp3) is 0.500. The molecule has 1 aliphatic rings. The molecule has 2 rings (SSSR count). The van der Waals surface area contributed by atoms with Crippen molar-refractivity contribution in [2.45, 2.75) is 39.5 Å². The molecule has 1 aromatic carbocycles. The molecule has 0 saturated heterocycles. The predicted octanol–water partition coefficient (Wildman–Crippen LogP) is 2.93. The first-order valence-electron chi connectivity index (χ1n) is 8.03. The number of hydrogen-bond acceptors (Lipinski definition) is 3. The molecule has 0 saturated carbocycles. The molecule has 3 N–H and O–H groups in total. The van der Waals surface area contributed by atoms with Gasteiger partial charge >= 0.3 is 5.97 Å². The van der Waals surface area contributed by atoms with Gasteiger partial charge in [0.2, 0.25) is 5.91 Å². The first-order valence-corrected chi connectivity index (χ1v) is 8.44. The lowest BCUT2D eigenvalue weighted by Gasteiger charge is -2.34. The zero-order chi connectivity index (χ0) is 18.1. The second-order valence-electron chi connectivity index (χ2n) is 7.33. The second-order valence-corrected chi connectivity index (χ2v) is 7.86. The number of fused-ring (bicyclic) bond motifs is 1. The van der Waals surface area contributed by atoms with E-state index < -0.39 is 17.3 Å². The number of aliphatic carboxylic acids is 1. The zero-order valence-corrected chi connectivity index (χ0v) is 15.1. The lowest BCUT2D eigenvalue weighted by atomic mass is 9.69. The van der Waals surface area contributed by atoms with Crippen LogP contribution in [0.25, 0.3) is 0 Å². The minimum Gasteiger partial charge on any atom is -0.481 e. The molecule has 0 aliphatic carbocycles. The summed E-state index contributed by atoms with van der Waals surface area (Å²) < 4.78 is 0. The molecule has 1 amide bonds. The molecule has 24 heavy (non-hydrogen) atoms. The highest BCUT2D eigenvalue weighted by molar-refractivity contribution is 7.80. The molecule has 1 aromatic rings. The van der Waals surface area contributed by atoms with Crippen LogP contribution in [0.3, 0.4) is 0 Å². The molecule has 5 nitrogen and oxygen atoms in total. The Morgan fingerprint density at radius 1 is 1.42 bits per heavy atom. The number of carboxylic acids is 1. The normalized spacial score (nSPS) is 19.4. The Labute approximate surface area is 147 Å². The summed E-state index contributed by atoms with van der Waals surface area (Å²) in [4.78, 5) is 26.4. The smallest absolute Gasteiger partial charge is 0.307 e. The molecule has 130 valence electrons. The monoisotopic (exact) mass is 348 g/mol. The zero-order valence-electron chi connectivity index (χ0n) is 14.3. The van der Waals surface area contributed by atoms with E-state index in [0.717, 1.165) is 5.56 Å². The first kappa shape index (κ1) is 18.4. The fourth-order valence-electron chi connectivity index (χ4n) is 3.57. The molecule has 2 unspecified atom stereocenters. The Morgan fingerprint density at radius 2 is 2.04 bits per heavy atom. The molecule has 1 aliphatic heterocycles. The summed E-state index contributed by atoms with van der Waals surface area (Å²) in [7, 11) is 0. The van der Waals surface area contributed by atoms with E-state index in [2.05, 4.69) is 0 Å². The van der Waals surface area contributed by atoms with Crippen molar-refractivity contribution in [3.63, 3.8) is 0 Å². The number of para-hydroxylation sites is 1. The van der Waals surface area contributed by atoms with Crippen LogP contribution in [0.15, 0.2) is 24.3 Å². The lowest BCUT2D eigenvalue weighted by molar-refractivity contribution is -0.147. The summed E-state index contributed by atoms with van der Waals surface area (Å²) in [6.45, 7) is 5.95. The van der Waals surface area contributed by atoms with Gasteiger partial charge in [-0.15, -0.1) is 0 Å². The number of rotatable bonds is 4. The van der Waals surface area contributed by atoms with Crippen molar-refractivity contribution in [1.82, 2.24) is 0 Å². The first-order chi connectivity index (χ1) is 11.1. The van der Waals surface area contributed by atoms with E-state index in [1.165, 1.54) is 0 Å². The van der Waals surface area contributed by atoms with Crippen LogP contribution in [0.1, 0.15) is 45.1 Å². The van der Waals surface area contributed by atoms with Crippen molar-refractivity contribution in [2.24, 2.45) is 17.1 Å². The Balaban J connectivity index is 2.57. The molecule has 6 heteroatoms. The summed E-state index contributed by atoms with van der Waals surface area (Å²) in [6, 6.07) is 7.47. The summed E-state index contributed by atoms with van der Waals surface area (Å²) in [5.41, 5.74) is 6.82. The van der Waals surface area contributed by atoms with Gasteiger partial charge in [0.15, 0.2) is 0 Å². The number of carboxylic acid groups (broad SMARTS) is 1. The molecular formula is C18H24N2O3S. The van der Waals surface area contributed by atoms with E-state index in [4.69, 9.17) is 18.0 Å². The average molecular weight is 348 g/mol. The highest BCUT2D eigenvalue weighted by atomic mass is 32.1. The number of nitrogens with two attached hydrogens (primary N) is 1. The van der Waals surface area contributed by atoms with Gasteiger partial charge in [-0.2, -0.15) is 0 Å². The van der Waals surface area contributed by atoms with Crippen LogP contribution in [0.4, 0.5) is 5.69 Å². The third-order valence-electron chi connectivity index (χ3n) is 4.51. The second kappa shape index (κ2) is 6.89. The van der Waals surface area contributed by atoms with E-state index in [0.29, 0.717) is 12.1 Å². The number of carbonyl (C=O) groups is 2. The van der Waals surface area contributed by atoms with Crippen molar-refractivity contribution < 1.29 is 14.7 Å². The van der Waals surface area contributed by atoms with Crippen molar-refractivity contribution in [3.05, 3.63) is 29.8 Å². The number of anilines is 1. The molecule has 0 aromatic heterocycles. The van der Waals surface area contributed by atoms with Gasteiger partial charge in [-0.25, -0.2) is 0 Å². The minimum absolute atomic E-state index is 0.0733. The maximum atomic E-state index is 12.6. The SMILES string of the molecule is CC(C)(C)C(C(=O)O)C1CCC(=O)N(CC(N)=S)c2ccccc21. The quantitative estimate of drug-likeness (QED) is 0.818. The van der Waals surface area contributed by atoms with Gasteiger partial charge < -0.3 is 15.7 Å². The van der Waals surface area contributed by atoms with Gasteiger partial charge in [0.05, 0.1) is 17.5 Å². The highest BCUT2D eigenvalue weighted by Gasteiger charge is 2.41. The van der Waals surface area contributed by atoms with Crippen molar-refractivity contribution in [2.75, 3.05) is 11.4 Å². The molecule has 0 bridgehead atoms. The van der Waals surface area contributed by atoms with E-state index in [1.54, 1.807) is 4.90 Å². The fourth-order valence-corrected chi connectivity index (χ4v) is 3.70. The number of benzene rings is 1. The summed E-state index contributed by atoms with van der Waals surface area (Å²) in [5, 5.41) is 9.82. The van der Waals surface area contributed by atoms with E-state index in [9.17, 15) is 14.7 Å². The number of thiocarbonyl (C=S) groups is 1. The Morgan fingerprint density at radius 3 is 2.58 bits per heavy atom. The lowest BCUT2D eigenvalue weighted by Crippen LogP contribution is -2.37. The van der Waals surface area contributed by atoms with Gasteiger partial charge in [0.25, 0.3) is 0 Å². The van der Waals surface area contributed by atoms with E-state index in [1.807, 2.05) is 45.0 Å². The van der Waals surface area contributed by atoms with Crippen molar-refractivity contribution in [3.8, 4) is 0 Å². The Hall–Kier alpha value is -1.95. The Kier molecular flexibility index (Phi) is 5.28. The molecular weight excluding hydrogens is 324 g/mol. The summed E-state index contributed by atoms with van der Waals surface area (Å²) in [6.07, 6.45) is 0.778. The Bertz CT molecular complexity index is 666. The molecule has 0 spiro atoms. The summed E-state index contributed by atoms with van der Waals surface area (Å²) >= 11 is 4.97. The van der Waals surface area contributed by atoms with Gasteiger partial charge in [-0.05, 0) is 23.5 Å². The van der Waals surface area contributed by atoms with Crippen LogP contribution >= 0.6 is 12.2 Å². The van der Waals surface area contributed by atoms with Crippen LogP contribution in [-0.2, 0) is 9.59 Å². The average Bonchev–Trinajstić information content (AvgIpc) is 2.57. The number of hydrogen-bond donors (Lipinski definition) is 2. The highest BCUT2D eigenvalue weighted by Crippen LogP contribution is 2.45. The molecule has 0 fully saturated rings. The molecule has 1 heterocycles. The number of carbonyl (C=O) groups excluding carboxylic acids is 1.